The van der Waals surface area contributed by atoms with Gasteiger partial charge in [0.15, 0.2) is 0 Å². The lowest BCUT2D eigenvalue weighted by Gasteiger charge is -2.07. The van der Waals surface area contributed by atoms with E-state index in [1.807, 2.05) is 6.92 Å². The summed E-state index contributed by atoms with van der Waals surface area (Å²) in [6.45, 7) is 6.25. The zero-order valence-electron chi connectivity index (χ0n) is 7.41. The Bertz CT molecular complexity index is 96.9. The van der Waals surface area contributed by atoms with E-state index in [1.165, 1.54) is 25.7 Å². The summed E-state index contributed by atoms with van der Waals surface area (Å²) >= 11 is 0. The molecule has 0 heterocycles. The molecule has 0 rings (SSSR count). The molecule has 1 atom stereocenters. The van der Waals surface area contributed by atoms with Gasteiger partial charge in [-0.2, -0.15) is 0 Å². The van der Waals surface area contributed by atoms with Crippen LogP contribution in [0.4, 0.5) is 0 Å². The van der Waals surface area contributed by atoms with Crippen molar-refractivity contribution in [3.63, 3.8) is 0 Å². The third-order valence-electron chi connectivity index (χ3n) is 1.98. The minimum absolute atomic E-state index is 0.506. The molecule has 1 nitrogen and oxygen atoms in total. The van der Waals surface area contributed by atoms with Crippen LogP contribution >= 0.6 is 0 Å². The van der Waals surface area contributed by atoms with Crippen LogP contribution in [-0.4, -0.2) is 5.71 Å². The summed E-state index contributed by atoms with van der Waals surface area (Å²) in [5, 5.41) is 7.34. The van der Waals surface area contributed by atoms with Gasteiger partial charge in [0.1, 0.15) is 0 Å². The molecule has 0 aromatic heterocycles. The van der Waals surface area contributed by atoms with Crippen LogP contribution in [0.2, 0.25) is 0 Å². The summed E-state index contributed by atoms with van der Waals surface area (Å²) in [5.74, 6) is 0.506. The van der Waals surface area contributed by atoms with Crippen LogP contribution in [0.1, 0.15) is 46.5 Å². The molecule has 0 aliphatic rings. The van der Waals surface area contributed by atoms with Gasteiger partial charge < -0.3 is 5.41 Å². The lowest BCUT2D eigenvalue weighted by Crippen LogP contribution is -2.04. The Balaban J connectivity index is 3.21. The number of nitrogens with one attached hydrogen (secondary N) is 1. The molecular weight excluding hydrogens is 122 g/mol. The smallest absolute Gasteiger partial charge is 0.00863 e. The first-order valence-electron chi connectivity index (χ1n) is 4.23. The highest BCUT2D eigenvalue weighted by atomic mass is 14.4. The Hall–Kier alpha value is -0.330. The Labute approximate surface area is 64.3 Å². The standard InChI is InChI=1S/C9H19N/c1-4-5-6-7-8(2)9(3)10/h8,10H,4-7H2,1-3H3. The van der Waals surface area contributed by atoms with E-state index in [0.29, 0.717) is 5.92 Å². The first kappa shape index (κ1) is 9.67. The van der Waals surface area contributed by atoms with Crippen molar-refractivity contribution < 1.29 is 0 Å². The van der Waals surface area contributed by atoms with Crippen LogP contribution in [0.15, 0.2) is 0 Å². The quantitative estimate of drug-likeness (QED) is 0.449. The minimum Gasteiger partial charge on any atom is -0.310 e. The number of hydrogen-bond donors (Lipinski definition) is 1. The number of hydrogen-bond acceptors (Lipinski definition) is 1. The van der Waals surface area contributed by atoms with Crippen molar-refractivity contribution in [2.24, 2.45) is 5.92 Å². The average molecular weight is 141 g/mol. The van der Waals surface area contributed by atoms with E-state index in [1.54, 1.807) is 0 Å². The topological polar surface area (TPSA) is 23.9 Å². The van der Waals surface area contributed by atoms with E-state index < -0.39 is 0 Å². The highest BCUT2D eigenvalue weighted by Crippen LogP contribution is 2.09. The van der Waals surface area contributed by atoms with Gasteiger partial charge >= 0.3 is 0 Å². The maximum Gasteiger partial charge on any atom is 0.00863 e. The summed E-state index contributed by atoms with van der Waals surface area (Å²) in [6.07, 6.45) is 5.08. The summed E-state index contributed by atoms with van der Waals surface area (Å²) in [5.41, 5.74) is 0.830. The molecule has 1 heteroatoms. The zero-order valence-corrected chi connectivity index (χ0v) is 7.41. The molecule has 0 radical (unpaired) electrons. The fourth-order valence-electron chi connectivity index (χ4n) is 0.917. The lowest BCUT2D eigenvalue weighted by molar-refractivity contribution is 0.594. The fourth-order valence-corrected chi connectivity index (χ4v) is 0.917. The maximum absolute atomic E-state index is 7.34. The van der Waals surface area contributed by atoms with Crippen LogP contribution in [0.3, 0.4) is 0 Å². The van der Waals surface area contributed by atoms with Crippen LogP contribution in [-0.2, 0) is 0 Å². The molecule has 0 aliphatic carbocycles. The van der Waals surface area contributed by atoms with E-state index in [0.717, 1.165) is 5.71 Å². The van der Waals surface area contributed by atoms with Crippen LogP contribution in [0.5, 0.6) is 0 Å². The van der Waals surface area contributed by atoms with Gasteiger partial charge in [0.05, 0.1) is 0 Å². The van der Waals surface area contributed by atoms with Gasteiger partial charge in [0.2, 0.25) is 0 Å². The Morgan fingerprint density at radius 3 is 2.40 bits per heavy atom. The molecule has 0 aromatic carbocycles. The van der Waals surface area contributed by atoms with Gasteiger partial charge in [-0.3, -0.25) is 0 Å². The third kappa shape index (κ3) is 4.54. The van der Waals surface area contributed by atoms with Crippen molar-refractivity contribution in [1.29, 1.82) is 5.41 Å². The highest BCUT2D eigenvalue weighted by Gasteiger charge is 2.01. The molecular formula is C9H19N. The number of unbranched alkanes of at least 4 members (excludes halogenated alkanes) is 2. The van der Waals surface area contributed by atoms with Crippen molar-refractivity contribution in [1.82, 2.24) is 0 Å². The van der Waals surface area contributed by atoms with E-state index in [2.05, 4.69) is 13.8 Å². The van der Waals surface area contributed by atoms with Gasteiger partial charge in [0, 0.05) is 5.71 Å². The molecule has 1 N–H and O–H groups in total. The van der Waals surface area contributed by atoms with E-state index in [4.69, 9.17) is 5.41 Å². The molecule has 0 bridgehead atoms. The molecule has 0 aliphatic heterocycles. The van der Waals surface area contributed by atoms with Crippen molar-refractivity contribution >= 4 is 5.71 Å². The van der Waals surface area contributed by atoms with Gasteiger partial charge in [-0.25, -0.2) is 0 Å². The molecule has 0 saturated heterocycles. The fraction of sp³-hybridized carbons (Fsp3) is 0.889. The van der Waals surface area contributed by atoms with Gasteiger partial charge in [-0.15, -0.1) is 0 Å². The second-order valence-electron chi connectivity index (χ2n) is 3.08. The predicted octanol–water partition coefficient (Wildman–Crippen LogP) is 3.24. The monoisotopic (exact) mass is 141 g/mol. The molecule has 0 saturated carbocycles. The lowest BCUT2D eigenvalue weighted by atomic mass is 9.99. The van der Waals surface area contributed by atoms with Crippen LogP contribution in [0.25, 0.3) is 0 Å². The van der Waals surface area contributed by atoms with Crippen molar-refractivity contribution in [2.45, 2.75) is 46.5 Å². The maximum atomic E-state index is 7.34. The average Bonchev–Trinajstić information content (AvgIpc) is 1.88. The Morgan fingerprint density at radius 1 is 1.40 bits per heavy atom. The summed E-state index contributed by atoms with van der Waals surface area (Å²) in [4.78, 5) is 0. The molecule has 10 heavy (non-hydrogen) atoms. The molecule has 0 spiro atoms. The summed E-state index contributed by atoms with van der Waals surface area (Å²) in [6, 6.07) is 0. The van der Waals surface area contributed by atoms with Crippen molar-refractivity contribution in [3.8, 4) is 0 Å². The van der Waals surface area contributed by atoms with Gasteiger partial charge in [0.25, 0.3) is 0 Å². The summed E-state index contributed by atoms with van der Waals surface area (Å²) in [7, 11) is 0. The first-order valence-corrected chi connectivity index (χ1v) is 4.23. The predicted molar refractivity (Wildman–Crippen MR) is 46.7 cm³/mol. The molecule has 1 unspecified atom stereocenters. The molecule has 60 valence electrons. The number of rotatable bonds is 5. The molecule has 0 aromatic rings. The second-order valence-corrected chi connectivity index (χ2v) is 3.08. The van der Waals surface area contributed by atoms with Gasteiger partial charge in [-0.1, -0.05) is 33.1 Å². The highest BCUT2D eigenvalue weighted by molar-refractivity contribution is 5.80. The largest absolute Gasteiger partial charge is 0.310 e. The summed E-state index contributed by atoms with van der Waals surface area (Å²) < 4.78 is 0. The normalized spacial score (nSPS) is 13.1. The van der Waals surface area contributed by atoms with E-state index >= 15 is 0 Å². The minimum atomic E-state index is 0.506. The zero-order chi connectivity index (χ0) is 7.98. The molecule has 0 fully saturated rings. The van der Waals surface area contributed by atoms with E-state index in [9.17, 15) is 0 Å². The van der Waals surface area contributed by atoms with Crippen LogP contribution in [0, 0.1) is 11.3 Å². The Kier molecular flexibility index (Phi) is 5.27. The van der Waals surface area contributed by atoms with Crippen LogP contribution < -0.4 is 0 Å². The van der Waals surface area contributed by atoms with Crippen molar-refractivity contribution in [3.05, 3.63) is 0 Å². The van der Waals surface area contributed by atoms with Crippen molar-refractivity contribution in [2.75, 3.05) is 0 Å². The second kappa shape index (κ2) is 5.45. The van der Waals surface area contributed by atoms with Gasteiger partial charge in [-0.05, 0) is 19.3 Å². The Morgan fingerprint density at radius 2 is 2.00 bits per heavy atom. The third-order valence-corrected chi connectivity index (χ3v) is 1.98. The molecule has 0 amide bonds. The van der Waals surface area contributed by atoms with E-state index in [-0.39, 0.29) is 0 Å². The SMILES string of the molecule is CCCCCC(C)C(C)=N. The first-order chi connectivity index (χ1) is 4.68.